The third kappa shape index (κ3) is 4.04. The van der Waals surface area contributed by atoms with Crippen LogP contribution in [0.3, 0.4) is 0 Å². The lowest BCUT2D eigenvalue weighted by molar-refractivity contribution is -0.132. The molecule has 1 fully saturated rings. The number of para-hydroxylation sites is 1. The van der Waals surface area contributed by atoms with Gasteiger partial charge in [-0.05, 0) is 18.1 Å². The fraction of sp³-hybridized carbons (Fsp3) is 0.500. The maximum Gasteiger partial charge on any atom is 0.224 e. The van der Waals surface area contributed by atoms with Gasteiger partial charge in [-0.15, -0.1) is 0 Å². The van der Waals surface area contributed by atoms with E-state index >= 15 is 0 Å². The van der Waals surface area contributed by atoms with Crippen molar-refractivity contribution in [2.24, 2.45) is 0 Å². The van der Waals surface area contributed by atoms with Gasteiger partial charge in [-0.1, -0.05) is 25.1 Å². The molecule has 0 aromatic heterocycles. The van der Waals surface area contributed by atoms with Crippen molar-refractivity contribution in [1.82, 2.24) is 4.90 Å². The topological polar surface area (TPSA) is 69.6 Å². The monoisotopic (exact) mass is 308 g/mol. The van der Waals surface area contributed by atoms with Gasteiger partial charge in [-0.3, -0.25) is 9.59 Å². The number of anilines is 1. The molecule has 0 spiro atoms. The highest BCUT2D eigenvalue weighted by Crippen LogP contribution is 2.17. The van der Waals surface area contributed by atoms with Crippen LogP contribution in [0.15, 0.2) is 24.3 Å². The SMILES string of the molecule is CCc1ccccc1NC(=O)CCC(=O)N1C[C@@H](O)[C@H](F)C1. The van der Waals surface area contributed by atoms with E-state index in [-0.39, 0.29) is 37.7 Å². The average molecular weight is 308 g/mol. The zero-order valence-corrected chi connectivity index (χ0v) is 12.6. The number of hydrogen-bond donors (Lipinski definition) is 2. The highest BCUT2D eigenvalue weighted by atomic mass is 19.1. The van der Waals surface area contributed by atoms with Crippen LogP contribution in [0, 0.1) is 0 Å². The minimum atomic E-state index is -1.39. The van der Waals surface area contributed by atoms with Gasteiger partial charge in [-0.2, -0.15) is 0 Å². The van der Waals surface area contributed by atoms with Crippen LogP contribution >= 0.6 is 0 Å². The Morgan fingerprint density at radius 3 is 2.68 bits per heavy atom. The summed E-state index contributed by atoms with van der Waals surface area (Å²) < 4.78 is 13.2. The quantitative estimate of drug-likeness (QED) is 0.866. The van der Waals surface area contributed by atoms with Crippen LogP contribution in [0.2, 0.25) is 0 Å². The number of amides is 2. The second-order valence-electron chi connectivity index (χ2n) is 5.44. The number of aryl methyl sites for hydroxylation is 1. The molecule has 0 saturated carbocycles. The minimum Gasteiger partial charge on any atom is -0.388 e. The highest BCUT2D eigenvalue weighted by Gasteiger charge is 2.33. The standard InChI is InChI=1S/C16H21FN2O3/c1-2-11-5-3-4-6-13(11)18-15(21)7-8-16(22)19-9-12(17)14(20)10-19/h3-6,12,14,20H,2,7-10H2,1H3,(H,18,21)/t12-,14-/m1/s1. The van der Waals surface area contributed by atoms with Crippen molar-refractivity contribution in [2.75, 3.05) is 18.4 Å². The van der Waals surface area contributed by atoms with Gasteiger partial charge < -0.3 is 15.3 Å². The van der Waals surface area contributed by atoms with Crippen molar-refractivity contribution in [2.45, 2.75) is 38.5 Å². The molecule has 1 aromatic rings. The summed E-state index contributed by atoms with van der Waals surface area (Å²) in [6, 6.07) is 7.51. The molecule has 1 aliphatic heterocycles. The Bertz CT molecular complexity index is 540. The van der Waals surface area contributed by atoms with E-state index in [9.17, 15) is 19.1 Å². The number of benzene rings is 1. The normalized spacial score (nSPS) is 21.0. The number of alkyl halides is 1. The van der Waals surface area contributed by atoms with Gasteiger partial charge in [0, 0.05) is 25.1 Å². The number of carbonyl (C=O) groups is 2. The van der Waals surface area contributed by atoms with E-state index in [1.54, 1.807) is 0 Å². The second-order valence-corrected chi connectivity index (χ2v) is 5.44. The van der Waals surface area contributed by atoms with E-state index in [4.69, 9.17) is 0 Å². The third-order valence-electron chi connectivity index (χ3n) is 3.81. The first-order chi connectivity index (χ1) is 10.5. The van der Waals surface area contributed by atoms with Crippen LogP contribution in [0.5, 0.6) is 0 Å². The maximum absolute atomic E-state index is 13.2. The second kappa shape index (κ2) is 7.35. The summed E-state index contributed by atoms with van der Waals surface area (Å²) in [5.41, 5.74) is 1.79. The summed E-state index contributed by atoms with van der Waals surface area (Å²) in [5, 5.41) is 12.1. The smallest absolute Gasteiger partial charge is 0.224 e. The van der Waals surface area contributed by atoms with Crippen molar-refractivity contribution < 1.29 is 19.1 Å². The molecule has 0 bridgehead atoms. The van der Waals surface area contributed by atoms with Crippen molar-refractivity contribution in [3.05, 3.63) is 29.8 Å². The summed E-state index contributed by atoms with van der Waals surface area (Å²) in [7, 11) is 0. The average Bonchev–Trinajstić information content (AvgIpc) is 2.85. The minimum absolute atomic E-state index is 0.000285. The molecule has 6 heteroatoms. The Balaban J connectivity index is 1.82. The third-order valence-corrected chi connectivity index (χ3v) is 3.81. The Morgan fingerprint density at radius 1 is 1.32 bits per heavy atom. The predicted molar refractivity (Wildman–Crippen MR) is 81.2 cm³/mol. The summed E-state index contributed by atoms with van der Waals surface area (Å²) >= 11 is 0. The zero-order valence-electron chi connectivity index (χ0n) is 12.6. The molecule has 0 aliphatic carbocycles. The molecule has 0 radical (unpaired) electrons. The lowest BCUT2D eigenvalue weighted by Crippen LogP contribution is -2.30. The van der Waals surface area contributed by atoms with Gasteiger partial charge in [0.15, 0.2) is 0 Å². The number of carbonyl (C=O) groups excluding carboxylic acids is 2. The first kappa shape index (κ1) is 16.4. The van der Waals surface area contributed by atoms with E-state index in [0.29, 0.717) is 0 Å². The van der Waals surface area contributed by atoms with Gasteiger partial charge in [0.1, 0.15) is 12.3 Å². The van der Waals surface area contributed by atoms with E-state index in [1.165, 1.54) is 4.90 Å². The van der Waals surface area contributed by atoms with Gasteiger partial charge >= 0.3 is 0 Å². The number of nitrogens with one attached hydrogen (secondary N) is 1. The molecule has 5 nitrogen and oxygen atoms in total. The Kier molecular flexibility index (Phi) is 5.49. The van der Waals surface area contributed by atoms with Gasteiger partial charge in [0.2, 0.25) is 11.8 Å². The number of hydrogen-bond acceptors (Lipinski definition) is 3. The lowest BCUT2D eigenvalue weighted by atomic mass is 10.1. The summed E-state index contributed by atoms with van der Waals surface area (Å²) in [6.45, 7) is 1.90. The number of aliphatic hydroxyl groups is 1. The molecular formula is C16H21FN2O3. The van der Waals surface area contributed by atoms with Crippen LogP contribution in [-0.4, -0.2) is 47.2 Å². The van der Waals surface area contributed by atoms with Crippen LogP contribution in [-0.2, 0) is 16.0 Å². The first-order valence-electron chi connectivity index (χ1n) is 7.49. The molecule has 1 aromatic carbocycles. The van der Waals surface area contributed by atoms with Gasteiger partial charge in [0.05, 0.1) is 6.54 Å². The number of likely N-dealkylation sites (tertiary alicyclic amines) is 1. The molecular weight excluding hydrogens is 287 g/mol. The van der Waals surface area contributed by atoms with Crippen LogP contribution in [0.4, 0.5) is 10.1 Å². The number of halogens is 1. The molecule has 2 amide bonds. The number of β-amino-alcohol motifs (C(OH)–C–C–N with tert-alkyl or cyclic N) is 1. The van der Waals surface area contributed by atoms with Crippen LogP contribution < -0.4 is 5.32 Å². The molecule has 1 aliphatic rings. The van der Waals surface area contributed by atoms with E-state index in [2.05, 4.69) is 5.32 Å². The summed E-state index contributed by atoms with van der Waals surface area (Å²) in [6.07, 6.45) is -1.65. The van der Waals surface area contributed by atoms with E-state index < -0.39 is 12.3 Å². The van der Waals surface area contributed by atoms with Crippen molar-refractivity contribution in [3.63, 3.8) is 0 Å². The van der Waals surface area contributed by atoms with Gasteiger partial charge in [0.25, 0.3) is 0 Å². The van der Waals surface area contributed by atoms with E-state index in [1.807, 2.05) is 31.2 Å². The Morgan fingerprint density at radius 2 is 2.05 bits per heavy atom. The molecule has 22 heavy (non-hydrogen) atoms. The summed E-state index contributed by atoms with van der Waals surface area (Å²) in [4.78, 5) is 25.1. The van der Waals surface area contributed by atoms with Crippen molar-refractivity contribution in [1.29, 1.82) is 0 Å². The fourth-order valence-corrected chi connectivity index (χ4v) is 2.49. The fourth-order valence-electron chi connectivity index (χ4n) is 2.49. The highest BCUT2D eigenvalue weighted by molar-refractivity contribution is 5.93. The predicted octanol–water partition coefficient (Wildman–Crippen LogP) is 1.51. The number of aliphatic hydroxyl groups excluding tert-OH is 1. The molecule has 2 atom stereocenters. The molecule has 0 unspecified atom stereocenters. The number of rotatable bonds is 5. The number of nitrogens with zero attached hydrogens (tertiary/aromatic N) is 1. The van der Waals surface area contributed by atoms with Gasteiger partial charge in [-0.25, -0.2) is 4.39 Å². The molecule has 120 valence electrons. The lowest BCUT2D eigenvalue weighted by Gasteiger charge is -2.15. The maximum atomic E-state index is 13.2. The largest absolute Gasteiger partial charge is 0.388 e. The van der Waals surface area contributed by atoms with E-state index in [0.717, 1.165) is 17.7 Å². The Labute approximate surface area is 129 Å². The van der Waals surface area contributed by atoms with Crippen molar-refractivity contribution in [3.8, 4) is 0 Å². The van der Waals surface area contributed by atoms with Crippen molar-refractivity contribution >= 4 is 17.5 Å². The first-order valence-corrected chi connectivity index (χ1v) is 7.49. The zero-order chi connectivity index (χ0) is 16.1. The molecule has 2 N–H and O–H groups in total. The molecule has 1 heterocycles. The molecule has 2 rings (SSSR count). The van der Waals surface area contributed by atoms with Crippen LogP contribution in [0.1, 0.15) is 25.3 Å². The summed E-state index contributed by atoms with van der Waals surface area (Å²) in [5.74, 6) is -0.552. The molecule has 1 saturated heterocycles. The van der Waals surface area contributed by atoms with Crippen LogP contribution in [0.25, 0.3) is 0 Å². The Hall–Kier alpha value is -1.95.